The molecule has 0 fully saturated rings. The van der Waals surface area contributed by atoms with Crippen LogP contribution in [0.5, 0.6) is 5.75 Å². The lowest BCUT2D eigenvalue weighted by atomic mass is 10.1. The fourth-order valence-electron chi connectivity index (χ4n) is 3.11. The number of ether oxygens (including phenoxy) is 3. The Morgan fingerprint density at radius 3 is 2.25 bits per heavy atom. The Balaban J connectivity index is 1.90. The normalized spacial score (nSPS) is 11.8. The highest BCUT2D eigenvalue weighted by molar-refractivity contribution is 6.32. The molecule has 0 N–H and O–H groups in total. The molecule has 0 unspecified atom stereocenters. The summed E-state index contributed by atoms with van der Waals surface area (Å²) in [5.74, 6) is -0.872. The topological polar surface area (TPSA) is 79.7 Å². The number of benzene rings is 2. The molecule has 192 valence electrons. The smallest absolute Gasteiger partial charge is 0.436 e. The second-order valence-electron chi connectivity index (χ2n) is 8.60. The van der Waals surface area contributed by atoms with Gasteiger partial charge in [0.25, 0.3) is 0 Å². The molecule has 0 spiro atoms. The van der Waals surface area contributed by atoms with Crippen LogP contribution in [-0.4, -0.2) is 33.9 Å². The first-order valence-electron chi connectivity index (χ1n) is 10.9. The van der Waals surface area contributed by atoms with E-state index in [1.54, 1.807) is 27.7 Å². The maximum absolute atomic E-state index is 13.5. The summed E-state index contributed by atoms with van der Waals surface area (Å²) in [6, 6.07) is 11.7. The van der Waals surface area contributed by atoms with Gasteiger partial charge in [0, 0.05) is 0 Å². The van der Waals surface area contributed by atoms with Crippen molar-refractivity contribution in [3.63, 3.8) is 0 Å². The quantitative estimate of drug-likeness (QED) is 0.340. The Kier molecular flexibility index (Phi) is 7.98. The molecule has 0 aliphatic rings. The Labute approximate surface area is 210 Å². The molecule has 0 radical (unpaired) electrons. The van der Waals surface area contributed by atoms with Crippen molar-refractivity contribution >= 4 is 23.5 Å². The van der Waals surface area contributed by atoms with Crippen LogP contribution in [0, 0.1) is 0 Å². The third-order valence-electron chi connectivity index (χ3n) is 4.65. The number of aromatic nitrogens is 2. The lowest BCUT2D eigenvalue weighted by Gasteiger charge is -2.19. The van der Waals surface area contributed by atoms with Crippen LogP contribution in [0.4, 0.5) is 13.2 Å². The molecule has 36 heavy (non-hydrogen) atoms. The van der Waals surface area contributed by atoms with Crippen molar-refractivity contribution in [1.29, 1.82) is 0 Å². The van der Waals surface area contributed by atoms with Crippen molar-refractivity contribution < 1.29 is 37.0 Å². The zero-order valence-electron chi connectivity index (χ0n) is 20.0. The Morgan fingerprint density at radius 1 is 1.00 bits per heavy atom. The summed E-state index contributed by atoms with van der Waals surface area (Å²) < 4.78 is 57.5. The predicted octanol–water partition coefficient (Wildman–Crippen LogP) is 6.26. The van der Waals surface area contributed by atoms with Crippen molar-refractivity contribution in [2.45, 2.75) is 46.1 Å². The number of rotatable bonds is 7. The lowest BCUT2D eigenvalue weighted by molar-refractivity contribution is -0.141. The first-order valence-corrected chi connectivity index (χ1v) is 11.3. The summed E-state index contributed by atoms with van der Waals surface area (Å²) in [5.41, 5.74) is -1.44. The van der Waals surface area contributed by atoms with Crippen molar-refractivity contribution in [3.05, 3.63) is 76.1 Å². The third kappa shape index (κ3) is 6.57. The van der Waals surface area contributed by atoms with Gasteiger partial charge in [0.15, 0.2) is 5.69 Å². The second kappa shape index (κ2) is 10.6. The van der Waals surface area contributed by atoms with E-state index in [1.807, 2.05) is 0 Å². The Hall–Kier alpha value is -3.53. The minimum absolute atomic E-state index is 0.0822. The van der Waals surface area contributed by atoms with Crippen molar-refractivity contribution in [2.24, 2.45) is 0 Å². The molecule has 2 aromatic carbocycles. The first-order chi connectivity index (χ1) is 16.8. The summed E-state index contributed by atoms with van der Waals surface area (Å²) >= 11 is 6.07. The molecular weight excluding hydrogens is 501 g/mol. The summed E-state index contributed by atoms with van der Waals surface area (Å²) in [5, 5.41) is 3.02. The lowest BCUT2D eigenvalue weighted by Crippen LogP contribution is -2.23. The molecule has 0 atom stereocenters. The van der Waals surface area contributed by atoms with Crippen LogP contribution < -0.4 is 4.74 Å². The molecule has 0 saturated carbocycles. The number of carbonyl (C=O) groups excluding carboxylic acids is 2. The highest BCUT2D eigenvalue weighted by atomic mass is 35.5. The van der Waals surface area contributed by atoms with Gasteiger partial charge in [-0.3, -0.25) is 0 Å². The highest BCUT2D eigenvalue weighted by Crippen LogP contribution is 2.37. The van der Waals surface area contributed by atoms with Gasteiger partial charge in [-0.25, -0.2) is 14.3 Å². The molecule has 3 rings (SSSR count). The van der Waals surface area contributed by atoms with E-state index in [1.165, 1.54) is 48.5 Å². The maximum Gasteiger partial charge on any atom is 0.436 e. The van der Waals surface area contributed by atoms with Gasteiger partial charge in [-0.2, -0.15) is 18.3 Å². The van der Waals surface area contributed by atoms with Crippen molar-refractivity contribution in [2.75, 3.05) is 6.61 Å². The predicted molar refractivity (Wildman–Crippen MR) is 125 cm³/mol. The molecule has 7 nitrogen and oxygen atoms in total. The maximum atomic E-state index is 13.5. The van der Waals surface area contributed by atoms with Crippen LogP contribution in [0.3, 0.4) is 0 Å². The Bertz CT molecular complexity index is 1250. The van der Waals surface area contributed by atoms with E-state index in [4.69, 9.17) is 25.8 Å². The molecule has 11 heteroatoms. The van der Waals surface area contributed by atoms with Crippen LogP contribution in [0.15, 0.2) is 48.5 Å². The zero-order chi connectivity index (χ0) is 26.7. The fraction of sp³-hybridized carbons (Fsp3) is 0.320. The van der Waals surface area contributed by atoms with E-state index < -0.39 is 34.4 Å². The van der Waals surface area contributed by atoms with Crippen molar-refractivity contribution in [3.8, 4) is 11.4 Å². The molecule has 0 aliphatic carbocycles. The van der Waals surface area contributed by atoms with E-state index in [2.05, 4.69) is 5.10 Å². The van der Waals surface area contributed by atoms with Gasteiger partial charge in [0.1, 0.15) is 23.7 Å². The second-order valence-corrected chi connectivity index (χ2v) is 8.98. The van der Waals surface area contributed by atoms with E-state index >= 15 is 0 Å². The number of esters is 2. The molecule has 1 heterocycles. The number of carbonyl (C=O) groups is 2. The van der Waals surface area contributed by atoms with E-state index in [0.29, 0.717) is 0 Å². The average Bonchev–Trinajstić information content (AvgIpc) is 3.13. The van der Waals surface area contributed by atoms with Crippen LogP contribution in [-0.2, 0) is 22.3 Å². The number of nitrogens with zero attached hydrogens (tertiary/aromatic N) is 2. The molecule has 0 aliphatic heterocycles. The minimum atomic E-state index is -4.81. The largest absolute Gasteiger partial charge is 0.487 e. The molecule has 1 aromatic heterocycles. The van der Waals surface area contributed by atoms with E-state index in [0.717, 1.165) is 4.68 Å². The summed E-state index contributed by atoms with van der Waals surface area (Å²) in [6.07, 6.45) is -4.81. The highest BCUT2D eigenvalue weighted by Gasteiger charge is 2.39. The number of alkyl halides is 3. The molecule has 0 amide bonds. The fourth-order valence-corrected chi connectivity index (χ4v) is 3.39. The van der Waals surface area contributed by atoms with E-state index in [-0.39, 0.29) is 41.5 Å². The van der Waals surface area contributed by atoms with Gasteiger partial charge in [-0.1, -0.05) is 17.7 Å². The first kappa shape index (κ1) is 27.1. The molecule has 0 saturated heterocycles. The number of hydrogen-bond donors (Lipinski definition) is 0. The van der Waals surface area contributed by atoms with Crippen LogP contribution in [0.2, 0.25) is 5.02 Å². The zero-order valence-corrected chi connectivity index (χ0v) is 20.7. The van der Waals surface area contributed by atoms with Gasteiger partial charge in [0.05, 0.1) is 28.4 Å². The van der Waals surface area contributed by atoms with Gasteiger partial charge in [-0.15, -0.1) is 0 Å². The van der Waals surface area contributed by atoms with E-state index in [9.17, 15) is 22.8 Å². The van der Waals surface area contributed by atoms with Crippen molar-refractivity contribution in [1.82, 2.24) is 9.78 Å². The minimum Gasteiger partial charge on any atom is -0.487 e. The van der Waals surface area contributed by atoms with Gasteiger partial charge in [-0.05, 0) is 70.2 Å². The van der Waals surface area contributed by atoms with Crippen LogP contribution >= 0.6 is 11.6 Å². The Morgan fingerprint density at radius 2 is 1.67 bits per heavy atom. The SMILES string of the molecule is CCOC(=O)c1cccc(-n2nc(C(F)(F)F)c(Cl)c2COc2ccc(C(=O)OC(C)(C)C)cc2)c1. The molecule has 3 aromatic rings. The molecular formula is C25H24ClF3N2O5. The monoisotopic (exact) mass is 524 g/mol. The van der Waals surface area contributed by atoms with Crippen LogP contribution in [0.25, 0.3) is 5.69 Å². The third-order valence-corrected chi connectivity index (χ3v) is 5.05. The standard InChI is InChI=1S/C25H24ClF3N2O5/c1-5-34-22(32)16-7-6-8-17(13-16)31-19(20(26)21(30-31)25(27,28)29)14-35-18-11-9-15(10-12-18)23(33)36-24(2,3)4/h6-13H,5,14H2,1-4H3. The van der Waals surface area contributed by atoms with Gasteiger partial charge in [0.2, 0.25) is 0 Å². The number of halogens is 4. The number of hydrogen-bond acceptors (Lipinski definition) is 6. The summed E-state index contributed by atoms with van der Waals surface area (Å²) in [7, 11) is 0. The summed E-state index contributed by atoms with van der Waals surface area (Å²) in [4.78, 5) is 24.3. The van der Waals surface area contributed by atoms with Crippen LogP contribution in [0.1, 0.15) is 59.8 Å². The summed E-state index contributed by atoms with van der Waals surface area (Å²) in [6.45, 7) is 6.63. The van der Waals surface area contributed by atoms with Gasteiger partial charge < -0.3 is 14.2 Å². The average molecular weight is 525 g/mol. The molecule has 0 bridgehead atoms. The van der Waals surface area contributed by atoms with Gasteiger partial charge >= 0.3 is 18.1 Å².